The van der Waals surface area contributed by atoms with Gasteiger partial charge in [0, 0.05) is 0 Å². The summed E-state index contributed by atoms with van der Waals surface area (Å²) in [5.74, 6) is 0.489. The van der Waals surface area contributed by atoms with Gasteiger partial charge in [-0.05, 0) is 0 Å². The standard InChI is InChI=1S/C13H10ClN6.C13H27.Sn/c1-20-12(14)11(8-17-20)19-13-16-7-5-10(18-13)9-4-2-3-6-15-9;1-4-7-10-13(11-8-5-2)12-9-6-3;/h2-5,7-8H,1H3,(H,16,18,19);4-12H2,1-3H3;. The molecule has 3 aromatic rings. The summed E-state index contributed by atoms with van der Waals surface area (Å²) in [6, 6.07) is 8.38. The Morgan fingerprint density at radius 1 is 0.941 bits per heavy atom. The van der Waals surface area contributed by atoms with Crippen molar-refractivity contribution in [3.63, 3.8) is 0 Å². The molecule has 0 bridgehead atoms. The van der Waals surface area contributed by atoms with E-state index in [2.05, 4.69) is 54.4 Å². The van der Waals surface area contributed by atoms with E-state index in [0.29, 0.717) is 20.2 Å². The zero-order valence-electron chi connectivity index (χ0n) is 20.9. The number of nitrogens with one attached hydrogen (secondary N) is 1. The van der Waals surface area contributed by atoms with Crippen LogP contribution in [0.25, 0.3) is 11.4 Å². The Hall–Kier alpha value is -1.67. The third-order valence-electron chi connectivity index (χ3n) is 6.20. The van der Waals surface area contributed by atoms with E-state index in [9.17, 15) is 0 Å². The van der Waals surface area contributed by atoms with Crippen LogP contribution in [0.4, 0.5) is 11.6 Å². The van der Waals surface area contributed by atoms with Crippen molar-refractivity contribution in [3.8, 4) is 11.4 Å². The first-order chi connectivity index (χ1) is 16.5. The molecule has 0 amide bonds. The molecule has 6 nitrogen and oxygen atoms in total. The van der Waals surface area contributed by atoms with Crippen LogP contribution >= 0.6 is 11.6 Å². The molecule has 0 atom stereocenters. The molecule has 3 aromatic heterocycles. The Labute approximate surface area is 219 Å². The number of rotatable bonds is 14. The third kappa shape index (κ3) is 7.41. The van der Waals surface area contributed by atoms with Gasteiger partial charge in [-0.25, -0.2) is 0 Å². The summed E-state index contributed by atoms with van der Waals surface area (Å²) in [6.45, 7) is 6.94. The van der Waals surface area contributed by atoms with E-state index in [1.807, 2.05) is 6.07 Å². The predicted molar refractivity (Wildman–Crippen MR) is 143 cm³/mol. The Kier molecular flexibility index (Phi) is 10.6. The molecule has 3 rings (SSSR count). The van der Waals surface area contributed by atoms with Gasteiger partial charge in [0.15, 0.2) is 0 Å². The van der Waals surface area contributed by atoms with Gasteiger partial charge in [0.1, 0.15) is 0 Å². The molecular weight excluding hydrogens is 550 g/mol. The molecule has 0 saturated carbocycles. The molecular formula is C26H37ClN6Sn. The fraction of sp³-hybridized carbons (Fsp3) is 0.538. The number of nitrogens with zero attached hydrogens (tertiary/aromatic N) is 5. The van der Waals surface area contributed by atoms with Crippen LogP contribution < -0.4 is 9.03 Å². The van der Waals surface area contributed by atoms with Crippen LogP contribution in [0.2, 0.25) is 8.58 Å². The van der Waals surface area contributed by atoms with Gasteiger partial charge >= 0.3 is 220 Å². The molecule has 182 valence electrons. The van der Waals surface area contributed by atoms with Gasteiger partial charge < -0.3 is 0 Å². The predicted octanol–water partition coefficient (Wildman–Crippen LogP) is 6.73. The summed E-state index contributed by atoms with van der Waals surface area (Å²) in [4.78, 5) is 14.2. The quantitative estimate of drug-likeness (QED) is 0.212. The van der Waals surface area contributed by atoms with Gasteiger partial charge in [-0.1, -0.05) is 0 Å². The molecule has 0 fully saturated rings. The van der Waals surface area contributed by atoms with Gasteiger partial charge in [-0.15, -0.1) is 0 Å². The van der Waals surface area contributed by atoms with Crippen LogP contribution in [-0.2, 0) is 7.05 Å². The number of pyridine rings is 1. The number of hydrogen-bond donors (Lipinski definition) is 1. The molecule has 8 heteroatoms. The molecule has 0 spiro atoms. The molecule has 0 unspecified atom stereocenters. The number of aryl methyl sites for hydroxylation is 1. The minimum atomic E-state index is -0.903. The van der Waals surface area contributed by atoms with E-state index in [4.69, 9.17) is 21.6 Å². The van der Waals surface area contributed by atoms with Crippen molar-refractivity contribution in [1.82, 2.24) is 24.7 Å². The fourth-order valence-electron chi connectivity index (χ4n) is 4.22. The summed E-state index contributed by atoms with van der Waals surface area (Å²) in [6.07, 6.45) is 15.3. The van der Waals surface area contributed by atoms with E-state index in [0.717, 1.165) is 11.4 Å². The summed E-state index contributed by atoms with van der Waals surface area (Å²) >= 11 is 5.38. The molecule has 0 aliphatic heterocycles. The maximum atomic E-state index is 6.28. The third-order valence-corrected chi connectivity index (χ3v) is 11.8. The molecule has 2 radical (unpaired) electrons. The second kappa shape index (κ2) is 13.4. The monoisotopic (exact) mass is 588 g/mol. The van der Waals surface area contributed by atoms with E-state index in [1.165, 1.54) is 61.5 Å². The first kappa shape index (κ1) is 26.9. The van der Waals surface area contributed by atoms with E-state index >= 15 is 0 Å². The van der Waals surface area contributed by atoms with Crippen molar-refractivity contribution in [2.75, 3.05) is 5.32 Å². The van der Waals surface area contributed by atoms with Crippen LogP contribution in [0, 0.1) is 0 Å². The summed E-state index contributed by atoms with van der Waals surface area (Å²) in [5, 5.41) is 7.85. The normalized spacial score (nSPS) is 11.7. The second-order valence-corrected chi connectivity index (χ2v) is 14.5. The van der Waals surface area contributed by atoms with E-state index < -0.39 is 21.1 Å². The van der Waals surface area contributed by atoms with Gasteiger partial charge in [0.2, 0.25) is 0 Å². The summed E-state index contributed by atoms with van der Waals surface area (Å²) in [7, 11) is 1.80. The molecule has 0 aliphatic carbocycles. The Balaban J connectivity index is 1.84. The first-order valence-electron chi connectivity index (χ1n) is 12.5. The zero-order chi connectivity index (χ0) is 24.4. The van der Waals surface area contributed by atoms with Gasteiger partial charge in [0.25, 0.3) is 0 Å². The molecule has 1 N–H and O–H groups in total. The number of aromatic nitrogens is 5. The summed E-state index contributed by atoms with van der Waals surface area (Å²) in [5.41, 5.74) is 2.42. The van der Waals surface area contributed by atoms with Crippen molar-refractivity contribution in [1.29, 1.82) is 0 Å². The SMILES string of the molecule is CCCC[C](CCCC)(CCCC)[Sn][c]1cccc(-c2ccnc(Nc3cnn(C)c3Cl)n2)n1. The number of anilines is 2. The van der Waals surface area contributed by atoms with Crippen LogP contribution in [0.15, 0.2) is 36.7 Å². The Morgan fingerprint density at radius 3 is 2.18 bits per heavy atom. The molecule has 0 saturated heterocycles. The van der Waals surface area contributed by atoms with Crippen molar-refractivity contribution in [2.24, 2.45) is 7.05 Å². The van der Waals surface area contributed by atoms with Crippen molar-refractivity contribution >= 4 is 48.1 Å². The van der Waals surface area contributed by atoms with E-state index in [1.54, 1.807) is 24.1 Å². The van der Waals surface area contributed by atoms with E-state index in [-0.39, 0.29) is 0 Å². The van der Waals surface area contributed by atoms with Gasteiger partial charge in [-0.3, -0.25) is 0 Å². The average molecular weight is 588 g/mol. The second-order valence-electron chi connectivity index (χ2n) is 8.99. The van der Waals surface area contributed by atoms with Crippen LogP contribution in [0.1, 0.15) is 78.6 Å². The van der Waals surface area contributed by atoms with Crippen LogP contribution in [0.5, 0.6) is 0 Å². The molecule has 3 heterocycles. The molecule has 0 aromatic carbocycles. The number of hydrogen-bond acceptors (Lipinski definition) is 5. The van der Waals surface area contributed by atoms with Crippen LogP contribution in [-0.4, -0.2) is 45.9 Å². The average Bonchev–Trinajstić information content (AvgIpc) is 3.17. The maximum absolute atomic E-state index is 6.28. The van der Waals surface area contributed by atoms with Crippen molar-refractivity contribution < 1.29 is 0 Å². The first-order valence-corrected chi connectivity index (χ1v) is 15.8. The van der Waals surface area contributed by atoms with Crippen LogP contribution in [0.3, 0.4) is 0 Å². The van der Waals surface area contributed by atoms with Crippen molar-refractivity contribution in [2.45, 2.75) is 82.0 Å². The number of halogens is 1. The van der Waals surface area contributed by atoms with Gasteiger partial charge in [0.05, 0.1) is 0 Å². The van der Waals surface area contributed by atoms with Crippen molar-refractivity contribution in [3.05, 3.63) is 41.8 Å². The Bertz CT molecular complexity index is 1020. The molecule has 0 aliphatic rings. The topological polar surface area (TPSA) is 68.5 Å². The zero-order valence-corrected chi connectivity index (χ0v) is 24.6. The Morgan fingerprint density at radius 2 is 1.59 bits per heavy atom. The van der Waals surface area contributed by atoms with Gasteiger partial charge in [-0.2, -0.15) is 0 Å². The minimum absolute atomic E-state index is 0.489. The summed E-state index contributed by atoms with van der Waals surface area (Å²) < 4.78 is 3.44. The fourth-order valence-corrected chi connectivity index (χ4v) is 9.51. The number of unbranched alkanes of at least 4 members (excludes halogenated alkanes) is 3. The molecule has 34 heavy (non-hydrogen) atoms.